The van der Waals surface area contributed by atoms with E-state index in [1.807, 2.05) is 30.5 Å². The Bertz CT molecular complexity index is 1910. The van der Waals surface area contributed by atoms with Gasteiger partial charge >= 0.3 is 37.9 Å². The largest absolute Gasteiger partial charge is 0.179 e. The van der Waals surface area contributed by atoms with Crippen molar-refractivity contribution < 1.29 is 20.8 Å². The summed E-state index contributed by atoms with van der Waals surface area (Å²) >= 11 is -0.826. The number of rotatable bonds is 2. The Balaban J connectivity index is 0.000000137. The van der Waals surface area contributed by atoms with Crippen LogP contribution in [0.2, 0.25) is 6.55 Å². The maximum absolute atomic E-state index is 4.93. The third-order valence-electron chi connectivity index (χ3n) is 7.48. The summed E-state index contributed by atoms with van der Waals surface area (Å²) in [7, 11) is 10.8. The minimum atomic E-state index is -0.826. The van der Waals surface area contributed by atoms with Crippen molar-refractivity contribution in [3.8, 4) is 22.3 Å². The zero-order chi connectivity index (χ0) is 30.7. The fraction of sp³-hybridized carbons (Fsp3) is 0.0769. The van der Waals surface area contributed by atoms with E-state index in [0.717, 1.165) is 21.5 Å². The molecule has 8 rings (SSSR count). The van der Waals surface area contributed by atoms with Crippen LogP contribution in [0, 0.1) is 13.0 Å². The van der Waals surface area contributed by atoms with Crippen LogP contribution >= 0.6 is 17.0 Å². The molecule has 0 spiro atoms. The molecule has 0 bridgehead atoms. The van der Waals surface area contributed by atoms with Crippen molar-refractivity contribution in [1.29, 1.82) is 0 Å². The van der Waals surface area contributed by atoms with Gasteiger partial charge in [-0.3, -0.25) is 4.98 Å². The van der Waals surface area contributed by atoms with Gasteiger partial charge in [0.2, 0.25) is 0 Å². The van der Waals surface area contributed by atoms with Gasteiger partial charge < -0.3 is 0 Å². The molecule has 0 fully saturated rings. The first-order valence-corrected chi connectivity index (χ1v) is 22.2. The van der Waals surface area contributed by atoms with Crippen LogP contribution in [0.4, 0.5) is 0 Å². The summed E-state index contributed by atoms with van der Waals surface area (Å²) in [6.45, 7) is 4.33. The standard InChI is InChI=1S/C19H14N.C13H9.C7H8Si.2ClH.Zr/c1-13-9-14-6-4-7-17(18(14)10-13)16-11-15-5-2-3-8-19(15)20-12-16;1-3-7-12-10(5-1)9-11-6-2-4-8-13(11)12;1-8-7-5-3-2-4-6-7;;;/h2-12H,1H3;1-5,7-8H,9H2;2-6H,1H3;2*1H;/q2*-1;;;;+4/p-2. The van der Waals surface area contributed by atoms with Crippen LogP contribution in [0.5, 0.6) is 0 Å². The number of aryl methyl sites for hydroxylation is 1. The number of hydrogen-bond donors (Lipinski definition) is 0. The van der Waals surface area contributed by atoms with Gasteiger partial charge in [-0.1, -0.05) is 114 Å². The van der Waals surface area contributed by atoms with Gasteiger partial charge in [-0.15, -0.1) is 40.1 Å². The average molecular weight is 704 g/mol. The molecule has 5 heteroatoms. The zero-order valence-electron chi connectivity index (χ0n) is 24.7. The van der Waals surface area contributed by atoms with Gasteiger partial charge in [-0.2, -0.15) is 35.9 Å². The minimum Gasteiger partial charge on any atom is -0.179 e. The van der Waals surface area contributed by atoms with Crippen LogP contribution in [-0.4, -0.2) is 14.5 Å². The Hall–Kier alpha value is -3.20. The number of halogens is 2. The molecule has 0 N–H and O–H groups in total. The second-order valence-electron chi connectivity index (χ2n) is 10.3. The smallest absolute Gasteiger partial charge is 0.0253 e. The molecule has 44 heavy (non-hydrogen) atoms. The number of nitrogens with zero attached hydrogens (tertiary/aromatic N) is 1. The number of aromatic nitrogens is 1. The molecule has 214 valence electrons. The third-order valence-corrected chi connectivity index (χ3v) is 8.39. The molecule has 0 amide bonds. The summed E-state index contributed by atoms with van der Waals surface area (Å²) in [5.74, 6) is 0. The molecule has 6 aromatic carbocycles. The van der Waals surface area contributed by atoms with Gasteiger partial charge in [-0.05, 0) is 24.1 Å². The Labute approximate surface area is 281 Å². The van der Waals surface area contributed by atoms with E-state index in [9.17, 15) is 0 Å². The van der Waals surface area contributed by atoms with E-state index in [-0.39, 0.29) is 0 Å². The predicted molar refractivity (Wildman–Crippen MR) is 188 cm³/mol. The topological polar surface area (TPSA) is 12.9 Å². The fourth-order valence-corrected chi connectivity index (χ4v) is 5.98. The number of benzene rings is 5. The summed E-state index contributed by atoms with van der Waals surface area (Å²) < 4.78 is 0. The van der Waals surface area contributed by atoms with Crippen molar-refractivity contribution in [3.63, 3.8) is 0 Å². The maximum Gasteiger partial charge on any atom is -0.0253 e. The number of para-hydroxylation sites is 1. The van der Waals surface area contributed by atoms with Crippen molar-refractivity contribution in [2.24, 2.45) is 0 Å². The first-order chi connectivity index (χ1) is 21.6. The Morgan fingerprint density at radius 3 is 2.27 bits per heavy atom. The van der Waals surface area contributed by atoms with Crippen LogP contribution in [0.3, 0.4) is 0 Å². The summed E-state index contributed by atoms with van der Waals surface area (Å²) in [5.41, 5.74) is 10.3. The van der Waals surface area contributed by atoms with Crippen LogP contribution in [0.15, 0.2) is 140 Å². The molecule has 7 aromatic rings. The van der Waals surface area contributed by atoms with Gasteiger partial charge in [0.1, 0.15) is 0 Å². The van der Waals surface area contributed by atoms with Crippen molar-refractivity contribution in [3.05, 3.63) is 162 Å². The predicted octanol–water partition coefficient (Wildman–Crippen LogP) is 10.6. The van der Waals surface area contributed by atoms with E-state index in [1.165, 1.54) is 60.3 Å². The van der Waals surface area contributed by atoms with E-state index in [4.69, 9.17) is 17.0 Å². The fourth-order valence-electron chi connectivity index (χ4n) is 5.46. The molecule has 0 atom stereocenters. The van der Waals surface area contributed by atoms with Crippen molar-refractivity contribution in [2.45, 2.75) is 19.9 Å². The van der Waals surface area contributed by atoms with E-state index in [0.29, 0.717) is 0 Å². The Kier molecular flexibility index (Phi) is 11.9. The molecule has 2 radical (unpaired) electrons. The average Bonchev–Trinajstić information content (AvgIpc) is 3.65. The van der Waals surface area contributed by atoms with Crippen LogP contribution in [0.1, 0.15) is 16.7 Å². The minimum absolute atomic E-state index is 0.826. The Morgan fingerprint density at radius 1 is 0.773 bits per heavy atom. The molecule has 0 saturated carbocycles. The van der Waals surface area contributed by atoms with E-state index in [1.54, 1.807) is 0 Å². The number of fused-ring (bicyclic) bond motifs is 5. The molecule has 1 nitrogen and oxygen atoms in total. The molecule has 1 aliphatic carbocycles. The maximum atomic E-state index is 4.93. The number of pyridine rings is 1. The van der Waals surface area contributed by atoms with Crippen LogP contribution < -0.4 is 5.19 Å². The monoisotopic (exact) mass is 701 g/mol. The van der Waals surface area contributed by atoms with E-state index in [2.05, 4.69) is 134 Å². The van der Waals surface area contributed by atoms with Crippen LogP contribution in [-0.2, 0) is 27.3 Å². The van der Waals surface area contributed by atoms with E-state index < -0.39 is 20.8 Å². The Morgan fingerprint density at radius 2 is 1.48 bits per heavy atom. The molecule has 1 aliphatic rings. The number of hydrogen-bond acceptors (Lipinski definition) is 1. The normalized spacial score (nSPS) is 10.6. The van der Waals surface area contributed by atoms with Gasteiger partial charge in [0.25, 0.3) is 0 Å². The quantitative estimate of drug-likeness (QED) is 0.129. The van der Waals surface area contributed by atoms with Gasteiger partial charge in [0, 0.05) is 11.6 Å². The van der Waals surface area contributed by atoms with Gasteiger partial charge in [-0.25, -0.2) is 0 Å². The third kappa shape index (κ3) is 8.09. The first-order valence-electron chi connectivity index (χ1n) is 14.4. The van der Waals surface area contributed by atoms with Crippen molar-refractivity contribution in [2.75, 3.05) is 0 Å². The summed E-state index contributed by atoms with van der Waals surface area (Å²) in [5, 5.41) is 5.23. The summed E-state index contributed by atoms with van der Waals surface area (Å²) in [6.07, 6.45) is 3.02. The van der Waals surface area contributed by atoms with Crippen molar-refractivity contribution >= 4 is 53.4 Å². The molecular weight excluding hydrogens is 673 g/mol. The van der Waals surface area contributed by atoms with Crippen LogP contribution in [0.25, 0.3) is 43.9 Å². The zero-order valence-corrected chi connectivity index (χ0v) is 29.7. The van der Waals surface area contributed by atoms with E-state index >= 15 is 0 Å². The SMILES string of the molecule is C[Si]c1ccccc1.Cc1cc2c(-c3cnc4ccccc4c3)cccc2[cH-]1.[Cl][Zr+2][Cl].[c-]1cccc2c1Cc1ccccc1-2. The molecule has 1 heterocycles. The molecule has 0 unspecified atom stereocenters. The molecular formula is C39H31Cl2NSiZr. The second kappa shape index (κ2) is 16.2. The first kappa shape index (κ1) is 32.2. The van der Waals surface area contributed by atoms with Gasteiger partial charge in [0.05, 0.1) is 15.0 Å². The van der Waals surface area contributed by atoms with Gasteiger partial charge in [0.15, 0.2) is 0 Å². The molecule has 1 aromatic heterocycles. The molecule has 0 aliphatic heterocycles. The molecule has 0 saturated heterocycles. The summed E-state index contributed by atoms with van der Waals surface area (Å²) in [6, 6.07) is 50.0. The summed E-state index contributed by atoms with van der Waals surface area (Å²) in [4.78, 5) is 4.57. The second-order valence-corrected chi connectivity index (χ2v) is 15.2. The van der Waals surface area contributed by atoms with Crippen molar-refractivity contribution in [1.82, 2.24) is 4.98 Å².